The largest absolute Gasteiger partial charge is 0.432 e. The predicted octanol–water partition coefficient (Wildman–Crippen LogP) is 3.14. The quantitative estimate of drug-likeness (QED) is 0.841. The van der Waals surface area contributed by atoms with Crippen LogP contribution in [-0.4, -0.2) is 15.2 Å². The lowest BCUT2D eigenvalue weighted by Gasteiger charge is -2.00. The molecule has 0 saturated carbocycles. The minimum Gasteiger partial charge on any atom is -0.273 e. The maximum atomic E-state index is 12.3. The Balaban J connectivity index is 2.44. The highest BCUT2D eigenvalue weighted by atomic mass is 35.5. The average Bonchev–Trinajstić information content (AvgIpc) is 2.66. The van der Waals surface area contributed by atoms with Gasteiger partial charge in [0.25, 0.3) is 0 Å². The second-order valence-electron chi connectivity index (χ2n) is 3.02. The van der Waals surface area contributed by atoms with Gasteiger partial charge in [-0.1, -0.05) is 11.6 Å². The Morgan fingerprint density at radius 1 is 1.31 bits per heavy atom. The number of H-pyrrole nitrogens is 1. The van der Waals surface area contributed by atoms with Crippen LogP contribution in [0.1, 0.15) is 5.69 Å². The van der Waals surface area contributed by atoms with Gasteiger partial charge in [0.2, 0.25) is 0 Å². The molecule has 0 radical (unpaired) electrons. The number of hydrogen-bond acceptors (Lipinski definition) is 2. The van der Waals surface area contributed by atoms with E-state index in [-0.39, 0.29) is 10.7 Å². The average molecular weight is 248 g/mol. The van der Waals surface area contributed by atoms with Crippen LogP contribution in [0, 0.1) is 0 Å². The number of aromatic nitrogens is 3. The van der Waals surface area contributed by atoms with Crippen molar-refractivity contribution in [1.29, 1.82) is 0 Å². The van der Waals surface area contributed by atoms with E-state index < -0.39 is 11.9 Å². The number of alkyl halides is 3. The van der Waals surface area contributed by atoms with Gasteiger partial charge >= 0.3 is 6.18 Å². The van der Waals surface area contributed by atoms with Crippen LogP contribution in [0.2, 0.25) is 5.02 Å². The highest BCUT2D eigenvalue weighted by molar-refractivity contribution is 6.33. The number of nitrogens with one attached hydrogen (secondary N) is 1. The van der Waals surface area contributed by atoms with Crippen molar-refractivity contribution in [1.82, 2.24) is 15.2 Å². The summed E-state index contributed by atoms with van der Waals surface area (Å²) in [6.07, 6.45) is -1.66. The van der Waals surface area contributed by atoms with Gasteiger partial charge in [0, 0.05) is 18.0 Å². The van der Waals surface area contributed by atoms with Crippen molar-refractivity contribution in [3.05, 3.63) is 35.2 Å². The predicted molar refractivity (Wildman–Crippen MR) is 51.8 cm³/mol. The van der Waals surface area contributed by atoms with Crippen molar-refractivity contribution in [3.63, 3.8) is 0 Å². The zero-order valence-electron chi connectivity index (χ0n) is 7.72. The Morgan fingerprint density at radius 2 is 2.06 bits per heavy atom. The summed E-state index contributed by atoms with van der Waals surface area (Å²) in [6, 6.07) is 2.40. The zero-order chi connectivity index (χ0) is 11.8. The molecular formula is C9H5ClF3N3. The normalized spacial score (nSPS) is 11.8. The van der Waals surface area contributed by atoms with Crippen LogP contribution < -0.4 is 0 Å². The van der Waals surface area contributed by atoms with Crippen LogP contribution in [0.3, 0.4) is 0 Å². The summed E-state index contributed by atoms with van der Waals surface area (Å²) in [7, 11) is 0. The van der Waals surface area contributed by atoms with Gasteiger partial charge in [-0.2, -0.15) is 18.3 Å². The standard InChI is InChI=1S/C9H5ClF3N3/c10-6-4-14-2-1-5(6)7-3-8(16-15-7)9(11,12)13/h1-4H,(H,15,16). The number of rotatable bonds is 1. The molecule has 1 N–H and O–H groups in total. The molecule has 84 valence electrons. The third kappa shape index (κ3) is 2.01. The van der Waals surface area contributed by atoms with Crippen LogP contribution >= 0.6 is 11.6 Å². The molecule has 2 aromatic rings. The van der Waals surface area contributed by atoms with Crippen molar-refractivity contribution in [2.75, 3.05) is 0 Å². The van der Waals surface area contributed by atoms with Gasteiger partial charge in [-0.05, 0) is 12.1 Å². The Labute approximate surface area is 93.3 Å². The lowest BCUT2D eigenvalue weighted by molar-refractivity contribution is -0.141. The number of nitrogens with zero attached hydrogens (tertiary/aromatic N) is 2. The van der Waals surface area contributed by atoms with Crippen LogP contribution in [0.5, 0.6) is 0 Å². The Morgan fingerprint density at radius 3 is 2.62 bits per heavy atom. The van der Waals surface area contributed by atoms with E-state index in [9.17, 15) is 13.2 Å². The lowest BCUT2D eigenvalue weighted by atomic mass is 10.2. The van der Waals surface area contributed by atoms with Crippen molar-refractivity contribution < 1.29 is 13.2 Å². The summed E-state index contributed by atoms with van der Waals surface area (Å²) in [5.74, 6) is 0. The summed E-state index contributed by atoms with van der Waals surface area (Å²) in [5, 5.41) is 5.73. The highest BCUT2D eigenvalue weighted by Gasteiger charge is 2.33. The molecule has 16 heavy (non-hydrogen) atoms. The number of hydrogen-bond donors (Lipinski definition) is 1. The molecule has 2 aromatic heterocycles. The first kappa shape index (κ1) is 10.9. The molecule has 0 fully saturated rings. The van der Waals surface area contributed by atoms with Crippen LogP contribution in [0.25, 0.3) is 11.3 Å². The third-order valence-corrected chi connectivity index (χ3v) is 2.23. The molecule has 3 nitrogen and oxygen atoms in total. The first-order valence-corrected chi connectivity index (χ1v) is 4.59. The van der Waals surface area contributed by atoms with Gasteiger partial charge in [-0.3, -0.25) is 10.1 Å². The van der Waals surface area contributed by atoms with E-state index in [1.807, 2.05) is 5.10 Å². The van der Waals surface area contributed by atoms with E-state index >= 15 is 0 Å². The molecule has 0 amide bonds. The monoisotopic (exact) mass is 247 g/mol. The molecule has 2 rings (SSSR count). The maximum absolute atomic E-state index is 12.3. The molecule has 0 saturated heterocycles. The van der Waals surface area contributed by atoms with Crippen LogP contribution in [-0.2, 0) is 6.18 Å². The molecule has 0 aliphatic heterocycles. The van der Waals surface area contributed by atoms with Crippen molar-refractivity contribution >= 4 is 11.6 Å². The fraction of sp³-hybridized carbons (Fsp3) is 0.111. The van der Waals surface area contributed by atoms with E-state index in [0.29, 0.717) is 5.56 Å². The fourth-order valence-electron chi connectivity index (χ4n) is 1.19. The van der Waals surface area contributed by atoms with Crippen molar-refractivity contribution in [2.45, 2.75) is 6.18 Å². The van der Waals surface area contributed by atoms with Gasteiger partial charge in [-0.15, -0.1) is 0 Å². The number of pyridine rings is 1. The number of halogens is 4. The summed E-state index contributed by atoms with van der Waals surface area (Å²) in [5.41, 5.74) is -0.362. The molecule has 0 atom stereocenters. The minimum atomic E-state index is -4.44. The minimum absolute atomic E-state index is 0.139. The van der Waals surface area contributed by atoms with E-state index in [2.05, 4.69) is 10.1 Å². The summed E-state index contributed by atoms with van der Waals surface area (Å²) < 4.78 is 36.9. The van der Waals surface area contributed by atoms with Gasteiger partial charge in [-0.25, -0.2) is 0 Å². The first-order chi connectivity index (χ1) is 7.48. The Hall–Kier alpha value is -1.56. The lowest BCUT2D eigenvalue weighted by Crippen LogP contribution is -2.04. The van der Waals surface area contributed by atoms with E-state index in [0.717, 1.165) is 6.07 Å². The maximum Gasteiger partial charge on any atom is 0.432 e. The molecule has 0 bridgehead atoms. The van der Waals surface area contributed by atoms with E-state index in [1.54, 1.807) is 0 Å². The number of aromatic amines is 1. The topological polar surface area (TPSA) is 41.6 Å². The molecule has 0 aromatic carbocycles. The smallest absolute Gasteiger partial charge is 0.273 e. The van der Waals surface area contributed by atoms with Crippen molar-refractivity contribution in [2.24, 2.45) is 0 Å². The second kappa shape index (κ2) is 3.79. The Kier molecular flexibility index (Phi) is 2.59. The zero-order valence-corrected chi connectivity index (χ0v) is 8.47. The molecule has 0 aliphatic rings. The third-order valence-electron chi connectivity index (χ3n) is 1.93. The van der Waals surface area contributed by atoms with E-state index in [1.165, 1.54) is 18.5 Å². The van der Waals surface area contributed by atoms with Gasteiger partial charge in [0.15, 0.2) is 0 Å². The van der Waals surface area contributed by atoms with Gasteiger partial charge < -0.3 is 0 Å². The molecule has 0 aliphatic carbocycles. The van der Waals surface area contributed by atoms with E-state index in [4.69, 9.17) is 11.6 Å². The first-order valence-electron chi connectivity index (χ1n) is 4.21. The summed E-state index contributed by atoms with van der Waals surface area (Å²) in [4.78, 5) is 3.73. The SMILES string of the molecule is FC(F)(F)c1cc(-c2ccncc2Cl)n[nH]1. The fourth-order valence-corrected chi connectivity index (χ4v) is 1.40. The molecular weight excluding hydrogens is 243 g/mol. The summed E-state index contributed by atoms with van der Waals surface area (Å²) >= 11 is 5.78. The van der Waals surface area contributed by atoms with Crippen molar-refractivity contribution in [3.8, 4) is 11.3 Å². The summed E-state index contributed by atoms with van der Waals surface area (Å²) in [6.45, 7) is 0. The molecule has 0 unspecified atom stereocenters. The van der Waals surface area contributed by atoms with Crippen LogP contribution in [0.4, 0.5) is 13.2 Å². The highest BCUT2D eigenvalue weighted by Crippen LogP contribution is 2.32. The van der Waals surface area contributed by atoms with Gasteiger partial charge in [0.05, 0.1) is 10.7 Å². The second-order valence-corrected chi connectivity index (χ2v) is 3.43. The van der Waals surface area contributed by atoms with Crippen LogP contribution in [0.15, 0.2) is 24.5 Å². The molecule has 2 heterocycles. The van der Waals surface area contributed by atoms with Gasteiger partial charge in [0.1, 0.15) is 5.69 Å². The molecule has 0 spiro atoms. The molecule has 7 heteroatoms. The Bertz CT molecular complexity index is 507.